The van der Waals surface area contributed by atoms with Gasteiger partial charge >= 0.3 is 0 Å². The smallest absolute Gasteiger partial charge is 0.258 e. The number of azo groups is 2. The van der Waals surface area contributed by atoms with Crippen LogP contribution in [0.3, 0.4) is 0 Å². The van der Waals surface area contributed by atoms with Gasteiger partial charge in [0.05, 0.1) is 52.1 Å². The fraction of sp³-hybridized carbons (Fsp3) is 0.250. The van der Waals surface area contributed by atoms with E-state index >= 15 is 0 Å². The molecule has 0 aromatic heterocycles. The Kier molecular flexibility index (Phi) is 19.6. The number of rotatable bonds is 21. The van der Waals surface area contributed by atoms with Crippen LogP contribution in [0.15, 0.2) is 111 Å². The number of anilines is 4. The molecule has 3 unspecified atom stereocenters. The summed E-state index contributed by atoms with van der Waals surface area (Å²) in [6, 6.07) is 19.9. The van der Waals surface area contributed by atoms with E-state index in [9.17, 15) is 28.8 Å². The van der Waals surface area contributed by atoms with Crippen LogP contribution in [0.2, 0.25) is 10.0 Å². The number of amides is 4. The molecule has 0 aliphatic carbocycles. The van der Waals surface area contributed by atoms with Crippen molar-refractivity contribution in [2.75, 3.05) is 47.2 Å². The van der Waals surface area contributed by atoms with Crippen molar-refractivity contribution in [2.45, 2.75) is 51.1 Å². The predicted octanol–water partition coefficient (Wildman–Crippen LogP) is 11.7. The minimum Gasteiger partial charge on any atom is -0.496 e. The summed E-state index contributed by atoms with van der Waals surface area (Å²) < 4.78 is 10.8. The van der Waals surface area contributed by atoms with Crippen molar-refractivity contribution >= 4 is 127 Å². The first-order valence-electron chi connectivity index (χ1n) is 20.9. The molecule has 0 heterocycles. The molecule has 0 aliphatic rings. The number of alkyl halides is 3. The van der Waals surface area contributed by atoms with Gasteiger partial charge in [-0.15, -0.1) is 34.8 Å². The minimum atomic E-state index is -1.62. The van der Waals surface area contributed by atoms with Crippen LogP contribution < -0.4 is 30.7 Å². The molecule has 3 atom stereocenters. The summed E-state index contributed by atoms with van der Waals surface area (Å²) >= 11 is 31.3. The molecule has 0 bridgehead atoms. The van der Waals surface area contributed by atoms with E-state index in [1.54, 1.807) is 43.3 Å². The first-order chi connectivity index (χ1) is 33.0. The molecule has 5 aromatic carbocycles. The van der Waals surface area contributed by atoms with E-state index in [2.05, 4.69) is 41.7 Å². The van der Waals surface area contributed by atoms with Gasteiger partial charge in [-0.3, -0.25) is 28.8 Å². The van der Waals surface area contributed by atoms with E-state index in [0.29, 0.717) is 52.4 Å². The maximum atomic E-state index is 13.6. The molecule has 0 fully saturated rings. The Morgan fingerprint density at radius 1 is 0.580 bits per heavy atom. The van der Waals surface area contributed by atoms with Crippen LogP contribution in [0.5, 0.6) is 11.5 Å². The largest absolute Gasteiger partial charge is 0.496 e. The highest BCUT2D eigenvalue weighted by Gasteiger charge is 2.27. The van der Waals surface area contributed by atoms with Crippen LogP contribution in [0.25, 0.3) is 0 Å². The van der Waals surface area contributed by atoms with Crippen molar-refractivity contribution in [2.24, 2.45) is 20.5 Å². The van der Waals surface area contributed by atoms with Gasteiger partial charge < -0.3 is 30.7 Å². The zero-order chi connectivity index (χ0) is 50.4. The lowest BCUT2D eigenvalue weighted by atomic mass is 10.1. The number of halogens is 5. The summed E-state index contributed by atoms with van der Waals surface area (Å²) in [6.45, 7) is 3.94. The number of methoxy groups -OCH3 is 2. The van der Waals surface area contributed by atoms with Gasteiger partial charge in [0.25, 0.3) is 23.6 Å². The van der Waals surface area contributed by atoms with Crippen LogP contribution in [0.1, 0.15) is 63.6 Å². The van der Waals surface area contributed by atoms with Crippen molar-refractivity contribution in [1.29, 1.82) is 0 Å². The second-order valence-corrected chi connectivity index (χ2v) is 17.2. The van der Waals surface area contributed by atoms with Gasteiger partial charge in [0.15, 0.2) is 11.6 Å². The predicted molar refractivity (Wildman–Crippen MR) is 270 cm³/mol. The highest BCUT2D eigenvalue weighted by atomic mass is 35.5. The molecule has 0 saturated heterocycles. The Bertz CT molecular complexity index is 2820. The number of Topliss-reactive ketones (excluding diaryl/α,β-unsaturated/α-hetero) is 2. The lowest BCUT2D eigenvalue weighted by Crippen LogP contribution is -2.32. The molecule has 5 aromatic rings. The summed E-state index contributed by atoms with van der Waals surface area (Å²) in [5.41, 5.74) is 3.36. The number of ketones is 2. The summed E-state index contributed by atoms with van der Waals surface area (Å²) in [4.78, 5) is 79.2. The van der Waals surface area contributed by atoms with Crippen molar-refractivity contribution in [3.05, 3.63) is 129 Å². The minimum absolute atomic E-state index is 0.0441. The van der Waals surface area contributed by atoms with Gasteiger partial charge in [-0.2, -0.15) is 20.5 Å². The van der Waals surface area contributed by atoms with Crippen LogP contribution in [-0.4, -0.2) is 73.3 Å². The normalized spacial score (nSPS) is 12.5. The first kappa shape index (κ1) is 53.5. The number of nitrogens with one attached hydrogen (secondary N) is 4. The van der Waals surface area contributed by atoms with Crippen molar-refractivity contribution in [3.8, 4) is 11.5 Å². The maximum Gasteiger partial charge on any atom is 0.258 e. The third-order valence-corrected chi connectivity index (χ3v) is 11.4. The van der Waals surface area contributed by atoms with Crippen molar-refractivity contribution in [3.63, 3.8) is 0 Å². The number of ether oxygens (including phenoxy) is 2. The summed E-state index contributed by atoms with van der Waals surface area (Å²) in [6.07, 6.45) is 0.840. The van der Waals surface area contributed by atoms with E-state index < -0.39 is 52.7 Å². The van der Waals surface area contributed by atoms with Crippen molar-refractivity contribution in [1.82, 2.24) is 0 Å². The second-order valence-electron chi connectivity index (χ2n) is 14.9. The standard InChI is InChI=1S/C48H45Cl5N8O8/c1-25(51)33-22-28(54-47(66)43(26(2)62)60-58-29-12-15-36(52)34(23-29)45(64)55-38-8-6-10-41(68-4)31(38)18-20-49)14-17-40(33)57-48(67)44(27(3)63)61-59-30-13-16-37(53)35(24-30)46(65)56-39-9-7-11-42(69-5)32(39)19-21-50/h6-17,22-25,43-44H,18-21H2,1-5H3,(H,54,66)(H,55,64)(H,56,65)(H,57,67). The van der Waals surface area contributed by atoms with Crippen LogP contribution in [0.4, 0.5) is 34.1 Å². The SMILES string of the molecule is COc1cccc(NC(=O)c2cc(N=NC(C(C)=O)C(=O)Nc3ccc(NC(=O)C(N=Nc4ccc(Cl)c(C(=O)Nc5cccc(OC)c5CCCl)c4)C(C)=O)c(C(C)Cl)c3)ccc2Cl)c1CCCl. The number of carbonyl (C=O) groups excluding carboxylic acids is 6. The quantitative estimate of drug-likeness (QED) is 0.0314. The Hall–Kier alpha value is -6.43. The highest BCUT2D eigenvalue weighted by molar-refractivity contribution is 6.35. The van der Waals surface area contributed by atoms with Gasteiger partial charge in [-0.1, -0.05) is 35.3 Å². The van der Waals surface area contributed by atoms with Gasteiger partial charge in [-0.25, -0.2) is 0 Å². The summed E-state index contributed by atoms with van der Waals surface area (Å²) in [5.74, 6) is -2.46. The molecule has 16 nitrogen and oxygen atoms in total. The van der Waals surface area contributed by atoms with Crippen LogP contribution in [-0.2, 0) is 32.0 Å². The third-order valence-electron chi connectivity index (χ3n) is 10.1. The van der Waals surface area contributed by atoms with Crippen LogP contribution >= 0.6 is 58.0 Å². The molecule has 0 saturated carbocycles. The van der Waals surface area contributed by atoms with E-state index in [-0.39, 0.29) is 55.7 Å². The molecular formula is C48H45Cl5N8O8. The number of carbonyl (C=O) groups is 6. The average molecular weight is 1040 g/mol. The number of hydrogen-bond acceptors (Lipinski definition) is 12. The van der Waals surface area contributed by atoms with Crippen LogP contribution in [0, 0.1) is 0 Å². The Labute approximate surface area is 422 Å². The molecule has 69 heavy (non-hydrogen) atoms. The molecule has 0 spiro atoms. The molecular weight excluding hydrogens is 994 g/mol. The first-order valence-corrected chi connectivity index (χ1v) is 23.1. The lowest BCUT2D eigenvalue weighted by Gasteiger charge is -2.17. The lowest BCUT2D eigenvalue weighted by molar-refractivity contribution is -0.127. The van der Waals surface area contributed by atoms with E-state index in [1.165, 1.54) is 68.8 Å². The summed E-state index contributed by atoms with van der Waals surface area (Å²) in [7, 11) is 3.02. The van der Waals surface area contributed by atoms with Gasteiger partial charge in [0, 0.05) is 45.6 Å². The fourth-order valence-electron chi connectivity index (χ4n) is 6.71. The molecule has 360 valence electrons. The molecule has 4 amide bonds. The molecule has 0 aliphatic heterocycles. The molecule has 5 rings (SSSR count). The Morgan fingerprint density at radius 2 is 1.03 bits per heavy atom. The van der Waals surface area contributed by atoms with E-state index in [4.69, 9.17) is 67.5 Å². The zero-order valence-electron chi connectivity index (χ0n) is 37.7. The third kappa shape index (κ3) is 14.1. The van der Waals surface area contributed by atoms with Gasteiger partial charge in [0.1, 0.15) is 11.5 Å². The summed E-state index contributed by atoms with van der Waals surface area (Å²) in [5, 5.41) is 26.6. The number of nitrogens with zero attached hydrogens (tertiary/aromatic N) is 4. The Morgan fingerprint density at radius 3 is 1.43 bits per heavy atom. The maximum absolute atomic E-state index is 13.6. The van der Waals surface area contributed by atoms with Crippen molar-refractivity contribution < 1.29 is 38.2 Å². The number of benzene rings is 5. The monoisotopic (exact) mass is 1040 g/mol. The zero-order valence-corrected chi connectivity index (χ0v) is 41.4. The molecule has 21 heteroatoms. The molecule has 4 N–H and O–H groups in total. The average Bonchev–Trinajstić information content (AvgIpc) is 3.31. The molecule has 0 radical (unpaired) electrons. The topological polar surface area (TPSA) is 218 Å². The fourth-order valence-corrected chi connectivity index (χ4v) is 7.68. The highest BCUT2D eigenvalue weighted by Crippen LogP contribution is 2.33. The van der Waals surface area contributed by atoms with Gasteiger partial charge in [-0.05, 0) is 118 Å². The Balaban J connectivity index is 1.29. The second kappa shape index (κ2) is 25.3. The number of hydrogen-bond donors (Lipinski definition) is 4. The van der Waals surface area contributed by atoms with Gasteiger partial charge in [0.2, 0.25) is 12.1 Å². The van der Waals surface area contributed by atoms with E-state index in [0.717, 1.165) is 13.8 Å². The van der Waals surface area contributed by atoms with E-state index in [1.807, 2.05) is 0 Å².